The lowest BCUT2D eigenvalue weighted by Crippen LogP contribution is -2.54. The van der Waals surface area contributed by atoms with Gasteiger partial charge >= 0.3 is 5.97 Å². The van der Waals surface area contributed by atoms with Crippen LogP contribution in [-0.4, -0.2) is 111 Å². The van der Waals surface area contributed by atoms with Gasteiger partial charge in [-0.05, 0) is 88.6 Å². The molecule has 318 valence electrons. The Morgan fingerprint density at radius 1 is 1.04 bits per heavy atom. The first-order valence-electron chi connectivity index (χ1n) is 21.1. The van der Waals surface area contributed by atoms with Crippen LogP contribution in [0, 0.1) is 29.6 Å². The van der Waals surface area contributed by atoms with E-state index in [2.05, 4.69) is 50.2 Å². The molecular weight excluding hydrogens is 725 g/mol. The van der Waals surface area contributed by atoms with Crippen molar-refractivity contribution in [3.8, 4) is 16.9 Å². The molecule has 1 saturated carbocycles. The number of rotatable bonds is 20. The van der Waals surface area contributed by atoms with Crippen LogP contribution in [0.1, 0.15) is 96.5 Å². The highest BCUT2D eigenvalue weighted by Gasteiger charge is 2.50. The van der Waals surface area contributed by atoms with E-state index in [1.807, 2.05) is 56.6 Å². The van der Waals surface area contributed by atoms with E-state index in [4.69, 9.17) is 19.0 Å². The molecule has 1 aliphatic heterocycles. The fourth-order valence-corrected chi connectivity index (χ4v) is 8.93. The number of benzene rings is 2. The first kappa shape index (κ1) is 46.1. The van der Waals surface area contributed by atoms with Crippen LogP contribution in [0.5, 0.6) is 5.75 Å². The summed E-state index contributed by atoms with van der Waals surface area (Å²) in [6, 6.07) is 12.4. The fourth-order valence-electron chi connectivity index (χ4n) is 8.93. The zero-order valence-corrected chi connectivity index (χ0v) is 36.1. The van der Waals surface area contributed by atoms with E-state index < -0.39 is 30.1 Å². The van der Waals surface area contributed by atoms with Crippen LogP contribution < -0.4 is 15.4 Å². The molecule has 3 N–H and O–H groups in total. The molecule has 0 bridgehead atoms. The Balaban J connectivity index is 1.66. The van der Waals surface area contributed by atoms with Crippen molar-refractivity contribution in [2.24, 2.45) is 29.6 Å². The van der Waals surface area contributed by atoms with Gasteiger partial charge in [0.2, 0.25) is 5.91 Å². The van der Waals surface area contributed by atoms with E-state index in [9.17, 15) is 19.5 Å². The zero-order chi connectivity index (χ0) is 41.8. The third kappa shape index (κ3) is 12.5. The van der Waals surface area contributed by atoms with Gasteiger partial charge in [0.05, 0.1) is 33.0 Å². The Labute approximate surface area is 341 Å². The van der Waals surface area contributed by atoms with E-state index >= 15 is 0 Å². The number of methoxy groups -OCH3 is 1. The number of carbonyl (C=O) groups is 3. The van der Waals surface area contributed by atoms with Gasteiger partial charge in [-0.1, -0.05) is 77.8 Å². The van der Waals surface area contributed by atoms with Gasteiger partial charge in [-0.25, -0.2) is 4.79 Å². The number of ether oxygens (including phenoxy) is 3. The van der Waals surface area contributed by atoms with Gasteiger partial charge < -0.3 is 34.9 Å². The highest BCUT2D eigenvalue weighted by molar-refractivity contribution is 5.96. The van der Waals surface area contributed by atoms with E-state index in [-0.39, 0.29) is 50.3 Å². The minimum atomic E-state index is -0.933. The fraction of sp³-hybridized carbons (Fsp3) is 0.667. The molecule has 0 spiro atoms. The third-order valence-electron chi connectivity index (χ3n) is 11.8. The first-order chi connectivity index (χ1) is 27.2. The molecule has 12 nitrogen and oxygen atoms in total. The number of hydroxylamine groups is 2. The van der Waals surface area contributed by atoms with Crippen molar-refractivity contribution in [2.45, 2.75) is 117 Å². The van der Waals surface area contributed by atoms with E-state index in [0.29, 0.717) is 35.0 Å². The number of amides is 2. The SMILES string of the molecule is CCOC(=O)COC[C@@H]1ON(Cc2cccc(-c3cccc(C(=O)N[C@H](CC(C)C)CN(C)C)c3)c2OC)[C@H](C(=O)N[C@H]2C[C@H](CC)C[C@H](CC)[C@@H]2C)[C@@H]1[C@H](C)O. The highest BCUT2D eigenvalue weighted by Crippen LogP contribution is 2.40. The van der Waals surface area contributed by atoms with Crippen LogP contribution in [-0.2, 0) is 30.4 Å². The number of hydrogen-bond donors (Lipinski definition) is 3. The second kappa shape index (κ2) is 22.0. The van der Waals surface area contributed by atoms with Gasteiger partial charge in [0.1, 0.15) is 24.5 Å². The molecule has 12 heteroatoms. The van der Waals surface area contributed by atoms with Crippen molar-refractivity contribution in [1.29, 1.82) is 0 Å². The maximum Gasteiger partial charge on any atom is 0.332 e. The summed E-state index contributed by atoms with van der Waals surface area (Å²) in [5.41, 5.74) is 2.89. The summed E-state index contributed by atoms with van der Waals surface area (Å²) in [6.45, 7) is 15.2. The number of carbonyl (C=O) groups excluding carboxylic acids is 3. The highest BCUT2D eigenvalue weighted by atomic mass is 16.7. The van der Waals surface area contributed by atoms with Crippen molar-refractivity contribution in [1.82, 2.24) is 20.6 Å². The summed E-state index contributed by atoms with van der Waals surface area (Å²) < 4.78 is 16.9. The second-order valence-corrected chi connectivity index (χ2v) is 16.8. The molecule has 0 radical (unpaired) electrons. The van der Waals surface area contributed by atoms with Crippen molar-refractivity contribution in [2.75, 3.05) is 47.6 Å². The molecule has 2 fully saturated rings. The molecular formula is C45H70N4O8. The zero-order valence-electron chi connectivity index (χ0n) is 36.1. The summed E-state index contributed by atoms with van der Waals surface area (Å²) in [4.78, 5) is 48.9. The number of aliphatic hydroxyl groups excluding tert-OH is 1. The monoisotopic (exact) mass is 795 g/mol. The maximum atomic E-state index is 14.6. The summed E-state index contributed by atoms with van der Waals surface area (Å²) >= 11 is 0. The van der Waals surface area contributed by atoms with Crippen molar-refractivity contribution < 1.29 is 38.5 Å². The molecule has 2 aromatic rings. The Morgan fingerprint density at radius 2 is 1.77 bits per heavy atom. The predicted molar refractivity (Wildman–Crippen MR) is 222 cm³/mol. The minimum absolute atomic E-state index is 0.00644. The largest absolute Gasteiger partial charge is 0.496 e. The molecule has 2 amide bonds. The van der Waals surface area contributed by atoms with Gasteiger partial charge in [-0.15, -0.1) is 0 Å². The molecule has 1 aliphatic carbocycles. The normalized spacial score (nSPS) is 25.0. The number of nitrogens with one attached hydrogen (secondary N) is 2. The Hall–Kier alpha value is -3.55. The molecule has 2 aromatic carbocycles. The maximum absolute atomic E-state index is 14.6. The Morgan fingerprint density at radius 3 is 2.40 bits per heavy atom. The number of esters is 1. The summed E-state index contributed by atoms with van der Waals surface area (Å²) in [5.74, 6) is 0.845. The molecule has 1 heterocycles. The Bertz CT molecular complexity index is 1590. The van der Waals surface area contributed by atoms with Crippen molar-refractivity contribution in [3.05, 3.63) is 53.6 Å². The molecule has 0 unspecified atom stereocenters. The van der Waals surface area contributed by atoms with Gasteiger partial charge in [-0.3, -0.25) is 14.4 Å². The molecule has 0 aromatic heterocycles. The average Bonchev–Trinajstić information content (AvgIpc) is 3.53. The molecule has 1 saturated heterocycles. The number of likely N-dealkylation sites (N-methyl/N-ethyl adjacent to an activating group) is 1. The van der Waals surface area contributed by atoms with Gasteiger partial charge in [0.25, 0.3) is 5.91 Å². The van der Waals surface area contributed by atoms with Crippen LogP contribution in [0.4, 0.5) is 0 Å². The van der Waals surface area contributed by atoms with Gasteiger partial charge in [-0.2, -0.15) is 5.06 Å². The molecule has 57 heavy (non-hydrogen) atoms. The van der Waals surface area contributed by atoms with Crippen LogP contribution in [0.2, 0.25) is 0 Å². The average molecular weight is 795 g/mol. The number of nitrogens with zero attached hydrogens (tertiary/aromatic N) is 2. The lowest BCUT2D eigenvalue weighted by molar-refractivity contribution is -0.187. The van der Waals surface area contributed by atoms with Crippen molar-refractivity contribution in [3.63, 3.8) is 0 Å². The lowest BCUT2D eigenvalue weighted by Gasteiger charge is -2.41. The summed E-state index contributed by atoms with van der Waals surface area (Å²) in [6.07, 6.45) is 3.39. The second-order valence-electron chi connectivity index (χ2n) is 16.8. The van der Waals surface area contributed by atoms with Crippen LogP contribution in [0.15, 0.2) is 42.5 Å². The van der Waals surface area contributed by atoms with Gasteiger partial charge in [0.15, 0.2) is 0 Å². The first-order valence-corrected chi connectivity index (χ1v) is 21.1. The minimum Gasteiger partial charge on any atom is -0.496 e. The van der Waals surface area contributed by atoms with E-state index in [1.54, 1.807) is 26.0 Å². The molecule has 4 rings (SSSR count). The van der Waals surface area contributed by atoms with Crippen LogP contribution >= 0.6 is 0 Å². The number of hydrogen-bond acceptors (Lipinski definition) is 10. The molecule has 9 atom stereocenters. The lowest BCUT2D eigenvalue weighted by atomic mass is 9.70. The topological polar surface area (TPSA) is 139 Å². The Kier molecular flexibility index (Phi) is 17.8. The smallest absolute Gasteiger partial charge is 0.332 e. The van der Waals surface area contributed by atoms with E-state index in [1.165, 1.54) is 0 Å². The third-order valence-corrected chi connectivity index (χ3v) is 11.8. The standard InChI is InChI=1S/C45H70N4O8/c1-11-31-21-32(12-2)29(6)38(22-31)47-45(53)42-41(30(7)50)39(26-55-27-40(51)56-13-3)57-49(42)24-35-18-15-19-37(43(35)54-10)33-16-14-17-34(23-33)44(52)46-36(20-28(4)5)25-48(8)9/h14-19,23,28-32,36,38-39,41-42,50H,11-13,20-22,24-27H2,1-10H3,(H,46,52)(H,47,53)/t29-,30-,31+,32-,36+,38-,39-,41+,42-/m0/s1. The molecule has 2 aliphatic rings. The van der Waals surface area contributed by atoms with Crippen LogP contribution in [0.25, 0.3) is 11.1 Å². The predicted octanol–water partition coefficient (Wildman–Crippen LogP) is 6.10. The van der Waals surface area contributed by atoms with Crippen molar-refractivity contribution >= 4 is 17.8 Å². The summed E-state index contributed by atoms with van der Waals surface area (Å²) in [7, 11) is 5.62. The number of aliphatic hydroxyl groups is 1. The number of para-hydroxylation sites is 1. The van der Waals surface area contributed by atoms with Crippen LogP contribution in [0.3, 0.4) is 0 Å². The van der Waals surface area contributed by atoms with Gasteiger partial charge in [0, 0.05) is 41.2 Å². The van der Waals surface area contributed by atoms with E-state index in [0.717, 1.165) is 55.3 Å². The quantitative estimate of drug-likeness (QED) is 0.135. The summed E-state index contributed by atoms with van der Waals surface area (Å²) in [5, 5.41) is 19.5.